The third-order valence-electron chi connectivity index (χ3n) is 4.05. The van der Waals surface area contributed by atoms with Crippen molar-refractivity contribution >= 4 is 11.6 Å². The zero-order chi connectivity index (χ0) is 18.5. The fourth-order valence-corrected chi connectivity index (χ4v) is 2.60. The zero-order valence-electron chi connectivity index (χ0n) is 15.1. The van der Waals surface area contributed by atoms with Gasteiger partial charge in [-0.15, -0.1) is 0 Å². The zero-order valence-corrected chi connectivity index (χ0v) is 15.1. The Morgan fingerprint density at radius 1 is 1.19 bits per heavy atom. The Morgan fingerprint density at radius 3 is 2.81 bits per heavy atom. The summed E-state index contributed by atoms with van der Waals surface area (Å²) < 4.78 is 10.6. The van der Waals surface area contributed by atoms with Crippen LogP contribution in [0.25, 0.3) is 11.4 Å². The van der Waals surface area contributed by atoms with Gasteiger partial charge >= 0.3 is 0 Å². The van der Waals surface area contributed by atoms with E-state index in [0.717, 1.165) is 22.4 Å². The quantitative estimate of drug-likeness (QED) is 0.728. The highest BCUT2D eigenvalue weighted by Crippen LogP contribution is 2.27. The summed E-state index contributed by atoms with van der Waals surface area (Å²) in [5, 5.41) is 6.91. The van der Waals surface area contributed by atoms with Gasteiger partial charge in [-0.2, -0.15) is 4.98 Å². The van der Waals surface area contributed by atoms with E-state index >= 15 is 0 Å². The molecule has 3 rings (SSSR count). The van der Waals surface area contributed by atoms with E-state index in [1.54, 1.807) is 7.11 Å². The van der Waals surface area contributed by atoms with Crippen LogP contribution >= 0.6 is 0 Å². The molecule has 0 unspecified atom stereocenters. The minimum atomic E-state index is -0.0873. The highest BCUT2D eigenvalue weighted by atomic mass is 16.5. The number of hydrogen-bond acceptors (Lipinski definition) is 5. The van der Waals surface area contributed by atoms with Crippen LogP contribution in [0, 0.1) is 13.8 Å². The monoisotopic (exact) mass is 351 g/mol. The van der Waals surface area contributed by atoms with Crippen molar-refractivity contribution in [3.63, 3.8) is 0 Å². The lowest BCUT2D eigenvalue weighted by atomic mass is 10.1. The van der Waals surface area contributed by atoms with E-state index in [1.807, 2.05) is 56.3 Å². The summed E-state index contributed by atoms with van der Waals surface area (Å²) in [5.74, 6) is 1.46. The third kappa shape index (κ3) is 4.08. The number of nitrogens with zero attached hydrogens (tertiary/aromatic N) is 2. The summed E-state index contributed by atoms with van der Waals surface area (Å²) in [4.78, 5) is 16.6. The number of hydrogen-bond donors (Lipinski definition) is 1. The molecule has 0 aliphatic carbocycles. The average Bonchev–Trinajstić information content (AvgIpc) is 3.12. The van der Waals surface area contributed by atoms with Crippen LogP contribution in [-0.2, 0) is 11.2 Å². The number of para-hydroxylation sites is 1. The van der Waals surface area contributed by atoms with Crippen molar-refractivity contribution < 1.29 is 14.1 Å². The Morgan fingerprint density at radius 2 is 2.00 bits per heavy atom. The molecule has 1 heterocycles. The van der Waals surface area contributed by atoms with Gasteiger partial charge < -0.3 is 14.6 Å². The molecule has 1 aromatic heterocycles. The van der Waals surface area contributed by atoms with Crippen molar-refractivity contribution in [2.24, 2.45) is 0 Å². The normalized spacial score (nSPS) is 10.6. The SMILES string of the molecule is COc1ccccc1-c1noc(CCC(=O)Nc2cc(C)ccc2C)n1. The second kappa shape index (κ2) is 7.82. The van der Waals surface area contributed by atoms with Gasteiger partial charge in [0.1, 0.15) is 5.75 Å². The summed E-state index contributed by atoms with van der Waals surface area (Å²) >= 11 is 0. The molecular formula is C20H21N3O3. The number of rotatable bonds is 6. The van der Waals surface area contributed by atoms with Crippen molar-refractivity contribution in [3.8, 4) is 17.1 Å². The number of methoxy groups -OCH3 is 1. The molecular weight excluding hydrogens is 330 g/mol. The van der Waals surface area contributed by atoms with Gasteiger partial charge in [0, 0.05) is 18.5 Å². The molecule has 1 N–H and O–H groups in total. The Bertz CT molecular complexity index is 918. The van der Waals surface area contributed by atoms with Crippen LogP contribution in [0.2, 0.25) is 0 Å². The first-order valence-electron chi connectivity index (χ1n) is 8.40. The molecule has 134 valence electrons. The fourth-order valence-electron chi connectivity index (χ4n) is 2.60. The van der Waals surface area contributed by atoms with E-state index in [9.17, 15) is 4.79 Å². The molecule has 1 amide bonds. The van der Waals surface area contributed by atoms with Gasteiger partial charge in [-0.05, 0) is 43.2 Å². The van der Waals surface area contributed by atoms with E-state index in [0.29, 0.717) is 23.9 Å². The molecule has 3 aromatic rings. The molecule has 0 saturated heterocycles. The maximum absolute atomic E-state index is 12.2. The smallest absolute Gasteiger partial charge is 0.227 e. The number of carbonyl (C=O) groups is 1. The highest BCUT2D eigenvalue weighted by molar-refractivity contribution is 5.91. The first-order chi connectivity index (χ1) is 12.6. The van der Waals surface area contributed by atoms with Gasteiger partial charge in [0.05, 0.1) is 12.7 Å². The summed E-state index contributed by atoms with van der Waals surface area (Å²) in [5.41, 5.74) is 3.71. The maximum Gasteiger partial charge on any atom is 0.227 e. The van der Waals surface area contributed by atoms with Crippen molar-refractivity contribution in [2.45, 2.75) is 26.7 Å². The predicted molar refractivity (Wildman–Crippen MR) is 99.2 cm³/mol. The molecule has 26 heavy (non-hydrogen) atoms. The number of nitrogens with one attached hydrogen (secondary N) is 1. The minimum absolute atomic E-state index is 0.0873. The van der Waals surface area contributed by atoms with Gasteiger partial charge in [0.2, 0.25) is 17.6 Å². The molecule has 0 fully saturated rings. The standard InChI is InChI=1S/C20H21N3O3/c1-13-8-9-14(2)16(12-13)21-18(24)10-11-19-22-20(23-26-19)15-6-4-5-7-17(15)25-3/h4-9,12H,10-11H2,1-3H3,(H,21,24). The minimum Gasteiger partial charge on any atom is -0.496 e. The molecule has 6 nitrogen and oxygen atoms in total. The second-order valence-electron chi connectivity index (χ2n) is 6.08. The van der Waals surface area contributed by atoms with Crippen LogP contribution < -0.4 is 10.1 Å². The number of aromatic nitrogens is 2. The van der Waals surface area contributed by atoms with Crippen LogP contribution in [0.5, 0.6) is 5.75 Å². The van der Waals surface area contributed by atoms with Crippen LogP contribution in [-0.4, -0.2) is 23.2 Å². The van der Waals surface area contributed by atoms with Crippen LogP contribution in [0.1, 0.15) is 23.4 Å². The molecule has 0 aliphatic rings. The van der Waals surface area contributed by atoms with Crippen molar-refractivity contribution in [1.82, 2.24) is 10.1 Å². The molecule has 0 aliphatic heterocycles. The summed E-state index contributed by atoms with van der Waals surface area (Å²) in [6.07, 6.45) is 0.639. The lowest BCUT2D eigenvalue weighted by Crippen LogP contribution is -2.13. The maximum atomic E-state index is 12.2. The number of benzene rings is 2. The van der Waals surface area contributed by atoms with Crippen molar-refractivity contribution in [1.29, 1.82) is 0 Å². The van der Waals surface area contributed by atoms with Crippen LogP contribution in [0.15, 0.2) is 47.0 Å². The van der Waals surface area contributed by atoms with Crippen LogP contribution in [0.3, 0.4) is 0 Å². The topological polar surface area (TPSA) is 77.2 Å². The van der Waals surface area contributed by atoms with E-state index in [4.69, 9.17) is 9.26 Å². The summed E-state index contributed by atoms with van der Waals surface area (Å²) in [6.45, 7) is 3.96. The fraction of sp³-hybridized carbons (Fsp3) is 0.250. The van der Waals surface area contributed by atoms with Gasteiger partial charge in [0.15, 0.2) is 0 Å². The molecule has 0 saturated carbocycles. The predicted octanol–water partition coefficient (Wildman–Crippen LogP) is 3.93. The first-order valence-corrected chi connectivity index (χ1v) is 8.40. The summed E-state index contributed by atoms with van der Waals surface area (Å²) in [7, 11) is 1.59. The summed E-state index contributed by atoms with van der Waals surface area (Å²) in [6, 6.07) is 13.4. The Kier molecular flexibility index (Phi) is 5.31. The van der Waals surface area contributed by atoms with E-state index in [2.05, 4.69) is 15.5 Å². The number of anilines is 1. The molecule has 6 heteroatoms. The third-order valence-corrected chi connectivity index (χ3v) is 4.05. The lowest BCUT2D eigenvalue weighted by molar-refractivity contribution is -0.116. The van der Waals surface area contributed by atoms with Crippen molar-refractivity contribution in [3.05, 3.63) is 59.5 Å². The number of aryl methyl sites for hydroxylation is 3. The number of amides is 1. The van der Waals surface area contributed by atoms with Crippen LogP contribution in [0.4, 0.5) is 5.69 Å². The van der Waals surface area contributed by atoms with E-state index in [1.165, 1.54) is 0 Å². The molecule has 2 aromatic carbocycles. The molecule has 0 radical (unpaired) electrons. The Balaban J connectivity index is 1.63. The second-order valence-corrected chi connectivity index (χ2v) is 6.08. The first kappa shape index (κ1) is 17.7. The lowest BCUT2D eigenvalue weighted by Gasteiger charge is -2.08. The molecule has 0 atom stereocenters. The van der Waals surface area contributed by atoms with E-state index < -0.39 is 0 Å². The highest BCUT2D eigenvalue weighted by Gasteiger charge is 2.14. The van der Waals surface area contributed by atoms with Crippen molar-refractivity contribution in [2.75, 3.05) is 12.4 Å². The molecule has 0 spiro atoms. The van der Waals surface area contributed by atoms with Gasteiger partial charge in [-0.1, -0.05) is 29.4 Å². The Hall–Kier alpha value is -3.15. The average molecular weight is 351 g/mol. The largest absolute Gasteiger partial charge is 0.496 e. The van der Waals surface area contributed by atoms with Gasteiger partial charge in [-0.25, -0.2) is 0 Å². The number of ether oxygens (including phenoxy) is 1. The van der Waals surface area contributed by atoms with Gasteiger partial charge in [0.25, 0.3) is 0 Å². The van der Waals surface area contributed by atoms with E-state index in [-0.39, 0.29) is 12.3 Å². The van der Waals surface area contributed by atoms with Gasteiger partial charge in [-0.3, -0.25) is 4.79 Å². The molecule has 0 bridgehead atoms. The number of carbonyl (C=O) groups excluding carboxylic acids is 1. The Labute approximate surface area is 152 Å².